The minimum Gasteiger partial charge on any atom is -0.360 e. The van der Waals surface area contributed by atoms with Crippen molar-refractivity contribution in [2.24, 2.45) is 0 Å². The number of nitrogens with one attached hydrogen (secondary N) is 2. The van der Waals surface area contributed by atoms with Crippen LogP contribution in [0.1, 0.15) is 43.1 Å². The van der Waals surface area contributed by atoms with Gasteiger partial charge in [-0.15, -0.1) is 0 Å². The third-order valence-electron chi connectivity index (χ3n) is 4.55. The Morgan fingerprint density at radius 3 is 2.22 bits per heavy atom. The molecule has 0 radical (unpaired) electrons. The van der Waals surface area contributed by atoms with Crippen LogP contribution in [-0.4, -0.2) is 36.1 Å². The SMILES string of the molecule is CC(CC(C)(C)c1ccccc1)NC(=S)Nc1ccc(C(=O)N(C)C)cc1. The van der Waals surface area contributed by atoms with Crippen LogP contribution in [0.2, 0.25) is 0 Å². The van der Waals surface area contributed by atoms with Crippen LogP contribution in [0.15, 0.2) is 54.6 Å². The maximum atomic E-state index is 11.9. The number of hydrogen-bond acceptors (Lipinski definition) is 2. The first kappa shape index (κ1) is 20.9. The van der Waals surface area contributed by atoms with Gasteiger partial charge in [-0.05, 0) is 60.8 Å². The highest BCUT2D eigenvalue weighted by Gasteiger charge is 2.23. The first-order valence-corrected chi connectivity index (χ1v) is 9.54. The molecule has 0 fully saturated rings. The van der Waals surface area contributed by atoms with E-state index in [1.807, 2.05) is 18.2 Å². The predicted molar refractivity (Wildman–Crippen MR) is 117 cm³/mol. The molecule has 2 aromatic rings. The second kappa shape index (κ2) is 9.00. The van der Waals surface area contributed by atoms with Gasteiger partial charge in [-0.3, -0.25) is 4.79 Å². The van der Waals surface area contributed by atoms with Gasteiger partial charge >= 0.3 is 0 Å². The van der Waals surface area contributed by atoms with Crippen molar-refractivity contribution >= 4 is 28.9 Å². The maximum Gasteiger partial charge on any atom is 0.253 e. The lowest BCUT2D eigenvalue weighted by atomic mass is 9.79. The van der Waals surface area contributed by atoms with Crippen LogP contribution in [0.5, 0.6) is 0 Å². The molecule has 4 nitrogen and oxygen atoms in total. The van der Waals surface area contributed by atoms with Crippen molar-refractivity contribution in [1.82, 2.24) is 10.2 Å². The number of anilines is 1. The highest BCUT2D eigenvalue weighted by Crippen LogP contribution is 2.28. The Labute approximate surface area is 168 Å². The van der Waals surface area contributed by atoms with Crippen LogP contribution in [0, 0.1) is 0 Å². The average Bonchev–Trinajstić information content (AvgIpc) is 2.61. The molecule has 5 heteroatoms. The van der Waals surface area contributed by atoms with E-state index in [2.05, 4.69) is 55.7 Å². The van der Waals surface area contributed by atoms with Gasteiger partial charge in [0, 0.05) is 31.4 Å². The highest BCUT2D eigenvalue weighted by atomic mass is 32.1. The van der Waals surface area contributed by atoms with E-state index in [-0.39, 0.29) is 17.4 Å². The summed E-state index contributed by atoms with van der Waals surface area (Å²) >= 11 is 5.45. The van der Waals surface area contributed by atoms with Crippen LogP contribution < -0.4 is 10.6 Å². The molecule has 0 bridgehead atoms. The van der Waals surface area contributed by atoms with E-state index in [4.69, 9.17) is 12.2 Å². The Morgan fingerprint density at radius 2 is 1.67 bits per heavy atom. The average molecular weight is 384 g/mol. The first-order valence-electron chi connectivity index (χ1n) is 9.14. The molecule has 0 aliphatic carbocycles. The standard InChI is InChI=1S/C22H29N3OS/c1-16(15-22(2,3)18-9-7-6-8-10-18)23-21(27)24-19-13-11-17(12-14-19)20(26)25(4)5/h6-14,16H,15H2,1-5H3,(H2,23,24,27). The largest absolute Gasteiger partial charge is 0.360 e. The van der Waals surface area contributed by atoms with E-state index < -0.39 is 0 Å². The van der Waals surface area contributed by atoms with E-state index in [1.165, 1.54) is 5.56 Å². The Hall–Kier alpha value is -2.40. The number of thiocarbonyl (C=S) groups is 1. The molecule has 27 heavy (non-hydrogen) atoms. The molecule has 1 atom stereocenters. The van der Waals surface area contributed by atoms with E-state index in [0.29, 0.717) is 10.7 Å². The lowest BCUT2D eigenvalue weighted by Gasteiger charge is -2.29. The van der Waals surface area contributed by atoms with Crippen molar-refractivity contribution in [3.05, 3.63) is 65.7 Å². The van der Waals surface area contributed by atoms with Crippen molar-refractivity contribution < 1.29 is 4.79 Å². The van der Waals surface area contributed by atoms with E-state index in [1.54, 1.807) is 31.1 Å². The van der Waals surface area contributed by atoms with Crippen LogP contribution in [0.4, 0.5) is 5.69 Å². The monoisotopic (exact) mass is 383 g/mol. The normalized spacial score (nSPS) is 12.2. The van der Waals surface area contributed by atoms with Gasteiger partial charge in [0.1, 0.15) is 0 Å². The van der Waals surface area contributed by atoms with Crippen LogP contribution in [0.25, 0.3) is 0 Å². The summed E-state index contributed by atoms with van der Waals surface area (Å²) in [5, 5.41) is 7.13. The summed E-state index contributed by atoms with van der Waals surface area (Å²) in [7, 11) is 3.48. The number of nitrogens with zero attached hydrogens (tertiary/aromatic N) is 1. The fraction of sp³-hybridized carbons (Fsp3) is 0.364. The fourth-order valence-corrected chi connectivity index (χ4v) is 3.49. The number of rotatable bonds is 6. The Morgan fingerprint density at radius 1 is 1.07 bits per heavy atom. The van der Waals surface area contributed by atoms with Gasteiger partial charge in [-0.2, -0.15) is 0 Å². The molecular weight excluding hydrogens is 354 g/mol. The van der Waals surface area contributed by atoms with Gasteiger partial charge in [-0.25, -0.2) is 0 Å². The second-order valence-electron chi connectivity index (χ2n) is 7.73. The van der Waals surface area contributed by atoms with Crippen LogP contribution in [0.3, 0.4) is 0 Å². The zero-order valence-corrected chi connectivity index (χ0v) is 17.6. The summed E-state index contributed by atoms with van der Waals surface area (Å²) in [6, 6.07) is 18.1. The quantitative estimate of drug-likeness (QED) is 0.724. The molecule has 0 aliphatic heterocycles. The number of carbonyl (C=O) groups is 1. The Kier molecular flexibility index (Phi) is 6.97. The lowest BCUT2D eigenvalue weighted by molar-refractivity contribution is 0.0827. The molecule has 0 aliphatic rings. The summed E-state index contributed by atoms with van der Waals surface area (Å²) in [6.45, 7) is 6.63. The molecule has 144 valence electrons. The smallest absolute Gasteiger partial charge is 0.253 e. The minimum absolute atomic E-state index is 0.0148. The van der Waals surface area contributed by atoms with E-state index in [0.717, 1.165) is 12.1 Å². The number of hydrogen-bond donors (Lipinski definition) is 2. The number of amides is 1. The molecule has 2 aromatic carbocycles. The van der Waals surface area contributed by atoms with E-state index in [9.17, 15) is 4.79 Å². The Bertz CT molecular complexity index is 770. The van der Waals surface area contributed by atoms with Crippen LogP contribution in [-0.2, 0) is 5.41 Å². The summed E-state index contributed by atoms with van der Waals surface area (Å²) in [5.74, 6) is -0.0148. The van der Waals surface area contributed by atoms with Crippen molar-refractivity contribution in [2.75, 3.05) is 19.4 Å². The highest BCUT2D eigenvalue weighted by molar-refractivity contribution is 7.80. The zero-order chi connectivity index (χ0) is 20.0. The molecule has 0 saturated carbocycles. The molecule has 2 rings (SSSR count). The molecule has 2 N–H and O–H groups in total. The van der Waals surface area contributed by atoms with Gasteiger partial charge in [0.05, 0.1) is 0 Å². The fourth-order valence-electron chi connectivity index (χ4n) is 3.17. The summed E-state index contributed by atoms with van der Waals surface area (Å²) in [5.41, 5.74) is 2.88. The van der Waals surface area contributed by atoms with E-state index >= 15 is 0 Å². The molecule has 0 spiro atoms. The van der Waals surface area contributed by atoms with Crippen molar-refractivity contribution in [3.63, 3.8) is 0 Å². The number of benzene rings is 2. The molecule has 0 heterocycles. The number of carbonyl (C=O) groups excluding carboxylic acids is 1. The third-order valence-corrected chi connectivity index (χ3v) is 4.77. The van der Waals surface area contributed by atoms with Gasteiger partial charge in [0.15, 0.2) is 5.11 Å². The molecule has 1 amide bonds. The molecule has 0 aromatic heterocycles. The van der Waals surface area contributed by atoms with Crippen LogP contribution >= 0.6 is 12.2 Å². The predicted octanol–water partition coefficient (Wildman–Crippen LogP) is 4.43. The lowest BCUT2D eigenvalue weighted by Crippen LogP contribution is -2.39. The van der Waals surface area contributed by atoms with Crippen molar-refractivity contribution in [1.29, 1.82) is 0 Å². The van der Waals surface area contributed by atoms with Gasteiger partial charge in [-0.1, -0.05) is 44.2 Å². The molecule has 1 unspecified atom stereocenters. The Balaban J connectivity index is 1.90. The molecular formula is C22H29N3OS. The maximum absolute atomic E-state index is 11.9. The van der Waals surface area contributed by atoms with Gasteiger partial charge < -0.3 is 15.5 Å². The topological polar surface area (TPSA) is 44.4 Å². The first-order chi connectivity index (χ1) is 12.7. The zero-order valence-electron chi connectivity index (χ0n) is 16.7. The summed E-state index contributed by atoms with van der Waals surface area (Å²) in [4.78, 5) is 13.5. The van der Waals surface area contributed by atoms with Crippen molar-refractivity contribution in [2.45, 2.75) is 38.6 Å². The minimum atomic E-state index is -0.0148. The van der Waals surface area contributed by atoms with Gasteiger partial charge in [0.2, 0.25) is 0 Å². The summed E-state index contributed by atoms with van der Waals surface area (Å²) in [6.07, 6.45) is 0.953. The second-order valence-corrected chi connectivity index (χ2v) is 8.14. The van der Waals surface area contributed by atoms with Crippen molar-refractivity contribution in [3.8, 4) is 0 Å². The molecule has 0 saturated heterocycles. The van der Waals surface area contributed by atoms with Gasteiger partial charge in [0.25, 0.3) is 5.91 Å². The third kappa shape index (κ3) is 6.07. The summed E-state index contributed by atoms with van der Waals surface area (Å²) < 4.78 is 0.